The van der Waals surface area contributed by atoms with Gasteiger partial charge >= 0.3 is 18.0 Å². The van der Waals surface area contributed by atoms with Gasteiger partial charge in [-0.15, -0.1) is 0 Å². The second-order valence-electron chi connectivity index (χ2n) is 20.4. The van der Waals surface area contributed by atoms with Gasteiger partial charge < -0.3 is 34.2 Å². The molecule has 1 aromatic heterocycles. The summed E-state index contributed by atoms with van der Waals surface area (Å²) in [7, 11) is -2.09. The van der Waals surface area contributed by atoms with Crippen molar-refractivity contribution in [1.82, 2.24) is 20.5 Å². The van der Waals surface area contributed by atoms with Crippen LogP contribution < -0.4 is 10.6 Å². The maximum Gasteiger partial charge on any atom is 0.408 e. The van der Waals surface area contributed by atoms with Crippen molar-refractivity contribution in [2.24, 2.45) is 17.3 Å². The van der Waals surface area contributed by atoms with Crippen LogP contribution in [0.15, 0.2) is 36.4 Å². The van der Waals surface area contributed by atoms with E-state index in [4.69, 9.17) is 58.4 Å². The molecule has 13 nitrogen and oxygen atoms in total. The summed E-state index contributed by atoms with van der Waals surface area (Å²) in [6, 6.07) is 8.34. The fourth-order valence-electron chi connectivity index (χ4n) is 7.83. The van der Waals surface area contributed by atoms with Gasteiger partial charge in [0, 0.05) is 30.5 Å². The van der Waals surface area contributed by atoms with E-state index in [-0.39, 0.29) is 29.5 Å². The predicted octanol–water partition coefficient (Wildman–Crippen LogP) is 9.76. The number of carbonyl (C=O) groups excluding carboxylic acids is 5. The summed E-state index contributed by atoms with van der Waals surface area (Å²) in [5, 5.41) is 6.60. The standard InChI is InChI=1S/C47H67Cl3N4O9Si/c1-29(52-43(59)62-44(3,4)5)36-18-17-32-14-13-31(26-37(32)53-36)19-22-46(23-20-35(21-24-46)63-64(9,10)45(6,7)8)42(58)61-38(33-15-16-33)39(55)51-30(2)40(56)54-25-11-12-34(27-54)41(57)60-28-47(48,49)50/h13-14,17-19,22,26,29-30,33-35,38H,11-12,15-16,20-21,23-25,27-28H2,1-10H3,(H,51,55)(H,52,59)/b22-19+/t29-,30+,34-,35?,38?,46?/m1/s1. The molecule has 3 amide bonds. The van der Waals surface area contributed by atoms with Gasteiger partial charge in [0.15, 0.2) is 14.4 Å². The molecule has 1 unspecified atom stereocenters. The Morgan fingerprint density at radius 1 is 0.938 bits per heavy atom. The number of alkyl halides is 3. The van der Waals surface area contributed by atoms with Gasteiger partial charge in [-0.1, -0.05) is 85.9 Å². The van der Waals surface area contributed by atoms with Crippen LogP contribution in [-0.2, 0) is 37.8 Å². The number of esters is 2. The molecule has 3 aliphatic rings. The van der Waals surface area contributed by atoms with Crippen molar-refractivity contribution in [3.8, 4) is 0 Å². The highest BCUT2D eigenvalue weighted by molar-refractivity contribution is 6.74. The molecule has 2 saturated carbocycles. The average Bonchev–Trinajstić information content (AvgIpc) is 4.05. The molecule has 2 aromatic rings. The number of hydrogen-bond donors (Lipinski definition) is 2. The van der Waals surface area contributed by atoms with E-state index in [9.17, 15) is 24.0 Å². The molecule has 0 spiro atoms. The molecule has 64 heavy (non-hydrogen) atoms. The smallest absolute Gasteiger partial charge is 0.408 e. The number of nitrogens with zero attached hydrogens (tertiary/aromatic N) is 2. The summed E-state index contributed by atoms with van der Waals surface area (Å²) in [4.78, 5) is 73.8. The van der Waals surface area contributed by atoms with Gasteiger partial charge in [-0.25, -0.2) is 4.79 Å². The Kier molecular flexibility index (Phi) is 16.6. The zero-order valence-electron chi connectivity index (χ0n) is 39.0. The molecule has 354 valence electrons. The highest BCUT2D eigenvalue weighted by Crippen LogP contribution is 2.45. The lowest BCUT2D eigenvalue weighted by Crippen LogP contribution is -2.53. The highest BCUT2D eigenvalue weighted by atomic mass is 35.6. The predicted molar refractivity (Wildman–Crippen MR) is 252 cm³/mol. The molecule has 1 aromatic carbocycles. The summed E-state index contributed by atoms with van der Waals surface area (Å²) in [5.74, 6) is -2.72. The van der Waals surface area contributed by atoms with Crippen molar-refractivity contribution in [2.45, 2.75) is 159 Å². The van der Waals surface area contributed by atoms with Crippen LogP contribution in [0.1, 0.15) is 124 Å². The van der Waals surface area contributed by atoms with E-state index in [1.54, 1.807) is 6.92 Å². The molecule has 2 aliphatic carbocycles. The van der Waals surface area contributed by atoms with Crippen molar-refractivity contribution < 1.29 is 42.6 Å². The van der Waals surface area contributed by atoms with Crippen LogP contribution in [-0.4, -0.2) is 95.4 Å². The molecule has 0 radical (unpaired) electrons. The lowest BCUT2D eigenvalue weighted by atomic mass is 9.72. The average molecular weight is 967 g/mol. The molecule has 3 fully saturated rings. The molecule has 2 heterocycles. The van der Waals surface area contributed by atoms with Crippen LogP contribution in [0, 0.1) is 17.3 Å². The van der Waals surface area contributed by atoms with E-state index in [0.29, 0.717) is 63.6 Å². The minimum Gasteiger partial charge on any atom is -0.461 e. The summed E-state index contributed by atoms with van der Waals surface area (Å²) in [5.41, 5.74) is 0.515. The fraction of sp³-hybridized carbons (Fsp3) is 0.660. The van der Waals surface area contributed by atoms with E-state index >= 15 is 0 Å². The molecule has 17 heteroatoms. The lowest BCUT2D eigenvalue weighted by Gasteiger charge is -2.43. The van der Waals surface area contributed by atoms with Gasteiger partial charge in [-0.2, -0.15) is 0 Å². The quantitative estimate of drug-likeness (QED) is 0.0807. The number of ether oxygens (including phenoxy) is 3. The molecule has 1 saturated heterocycles. The normalized spacial score (nSPS) is 22.6. The number of pyridine rings is 1. The number of alkyl carbamates (subject to hydrolysis) is 1. The third kappa shape index (κ3) is 14.3. The number of hydrogen-bond acceptors (Lipinski definition) is 10. The van der Waals surface area contributed by atoms with E-state index < -0.39 is 77.8 Å². The minimum absolute atomic E-state index is 0.0186. The molecule has 5 rings (SSSR count). The van der Waals surface area contributed by atoms with Gasteiger partial charge in [0.2, 0.25) is 9.70 Å². The van der Waals surface area contributed by atoms with Crippen molar-refractivity contribution in [3.05, 3.63) is 47.7 Å². The summed E-state index contributed by atoms with van der Waals surface area (Å²) in [6.07, 6.45) is 6.87. The van der Waals surface area contributed by atoms with Crippen LogP contribution >= 0.6 is 34.8 Å². The van der Waals surface area contributed by atoms with E-state index in [2.05, 4.69) is 44.5 Å². The Balaban J connectivity index is 1.32. The maximum absolute atomic E-state index is 14.6. The molecule has 4 atom stereocenters. The number of rotatable bonds is 14. The number of carbonyl (C=O) groups is 5. The molecular formula is C47H67Cl3N4O9Si. The summed E-state index contributed by atoms with van der Waals surface area (Å²) < 4.78 is 21.9. The Labute approximate surface area is 394 Å². The van der Waals surface area contributed by atoms with Crippen molar-refractivity contribution in [2.75, 3.05) is 19.7 Å². The first-order chi connectivity index (χ1) is 29.6. The largest absolute Gasteiger partial charge is 0.461 e. The van der Waals surface area contributed by atoms with E-state index in [1.165, 1.54) is 4.90 Å². The van der Waals surface area contributed by atoms with E-state index in [1.807, 2.05) is 70.2 Å². The monoisotopic (exact) mass is 964 g/mol. The first-order valence-electron chi connectivity index (χ1n) is 22.5. The van der Waals surface area contributed by atoms with Crippen LogP contribution in [0.5, 0.6) is 0 Å². The van der Waals surface area contributed by atoms with Crippen LogP contribution in [0.25, 0.3) is 17.0 Å². The lowest BCUT2D eigenvalue weighted by molar-refractivity contribution is -0.167. The van der Waals surface area contributed by atoms with Crippen LogP contribution in [0.4, 0.5) is 4.79 Å². The summed E-state index contributed by atoms with van der Waals surface area (Å²) >= 11 is 17.3. The number of likely N-dealkylation sites (tertiary alicyclic amines) is 1. The molecular weight excluding hydrogens is 899 g/mol. The first kappa shape index (κ1) is 51.5. The zero-order valence-corrected chi connectivity index (χ0v) is 42.3. The zero-order chi connectivity index (χ0) is 47.4. The molecule has 0 bridgehead atoms. The number of amides is 3. The molecule has 1 aliphatic heterocycles. The number of benzene rings is 1. The Morgan fingerprint density at radius 2 is 1.59 bits per heavy atom. The number of nitrogens with one attached hydrogen (secondary N) is 2. The number of fused-ring (bicyclic) bond motifs is 1. The van der Waals surface area contributed by atoms with Gasteiger partial charge in [-0.3, -0.25) is 24.2 Å². The summed E-state index contributed by atoms with van der Waals surface area (Å²) in [6.45, 7) is 20.0. The topological polar surface area (TPSA) is 162 Å². The SMILES string of the molecule is C[C@H](NC(=O)C(OC(=O)C1(/C=C/c2ccc3ccc([C@@H](C)NC(=O)OC(C)(C)C)nc3c2)CCC(O[Si](C)(C)C(C)(C)C)CC1)C1CC1)C(=O)N1CCC[C@@H](C(=O)OCC(Cl)(Cl)Cl)C1. The third-order valence-corrected chi connectivity index (χ3v) is 17.6. The number of piperidine rings is 1. The second-order valence-corrected chi connectivity index (χ2v) is 27.6. The maximum atomic E-state index is 14.6. The number of aromatic nitrogens is 1. The van der Waals surface area contributed by atoms with Gasteiger partial charge in [0.05, 0.1) is 28.6 Å². The minimum atomic E-state index is -2.09. The van der Waals surface area contributed by atoms with Crippen molar-refractivity contribution in [3.63, 3.8) is 0 Å². The fourth-order valence-corrected chi connectivity index (χ4v) is 9.42. The van der Waals surface area contributed by atoms with Crippen LogP contribution in [0.2, 0.25) is 18.1 Å². The van der Waals surface area contributed by atoms with Crippen LogP contribution in [0.3, 0.4) is 0 Å². The van der Waals surface area contributed by atoms with Gasteiger partial charge in [-0.05, 0) is 122 Å². The Bertz CT molecular complexity index is 2050. The van der Waals surface area contributed by atoms with Crippen molar-refractivity contribution in [1.29, 1.82) is 0 Å². The number of halogens is 3. The van der Waals surface area contributed by atoms with E-state index in [0.717, 1.165) is 16.5 Å². The van der Waals surface area contributed by atoms with Gasteiger partial charge in [0.1, 0.15) is 18.2 Å². The third-order valence-electron chi connectivity index (χ3n) is 12.7. The van der Waals surface area contributed by atoms with Crippen molar-refractivity contribution >= 4 is 89.9 Å². The highest BCUT2D eigenvalue weighted by Gasteiger charge is 2.48. The second kappa shape index (κ2) is 20.6. The Morgan fingerprint density at radius 3 is 2.20 bits per heavy atom. The first-order valence-corrected chi connectivity index (χ1v) is 26.5. The van der Waals surface area contributed by atoms with Gasteiger partial charge in [0.25, 0.3) is 5.91 Å². The Hall–Kier alpha value is -3.43. The molecule has 2 N–H and O–H groups in total.